The zero-order chi connectivity index (χ0) is 15.7. The van der Waals surface area contributed by atoms with Crippen molar-refractivity contribution in [2.24, 2.45) is 0 Å². The van der Waals surface area contributed by atoms with Gasteiger partial charge in [-0.2, -0.15) is 0 Å². The fourth-order valence-corrected chi connectivity index (χ4v) is 3.34. The zero-order valence-electron chi connectivity index (χ0n) is 14.0. The average molecular weight is 295 g/mol. The number of ether oxygens (including phenoxy) is 1. The van der Waals surface area contributed by atoms with Gasteiger partial charge < -0.3 is 10.1 Å². The molecule has 1 unspecified atom stereocenters. The normalized spacial score (nSPS) is 17.2. The fourth-order valence-electron chi connectivity index (χ4n) is 3.34. The van der Waals surface area contributed by atoms with Gasteiger partial charge in [0.05, 0.1) is 7.11 Å². The third-order valence-corrected chi connectivity index (χ3v) is 4.83. The number of fused-ring (bicyclic) bond motifs is 1. The molecule has 0 radical (unpaired) electrons. The molecule has 0 aromatic heterocycles. The Morgan fingerprint density at radius 3 is 2.59 bits per heavy atom. The Bertz CT molecular complexity index is 690. The highest BCUT2D eigenvalue weighted by atomic mass is 16.5. The molecule has 1 N–H and O–H groups in total. The van der Waals surface area contributed by atoms with Gasteiger partial charge in [-0.15, -0.1) is 0 Å². The van der Waals surface area contributed by atoms with Crippen LogP contribution in [0, 0.1) is 20.8 Å². The maximum absolute atomic E-state index is 5.46. The molecule has 22 heavy (non-hydrogen) atoms. The van der Waals surface area contributed by atoms with Crippen LogP contribution in [0.2, 0.25) is 0 Å². The van der Waals surface area contributed by atoms with Crippen LogP contribution in [0.25, 0.3) is 0 Å². The van der Waals surface area contributed by atoms with Crippen LogP contribution >= 0.6 is 0 Å². The van der Waals surface area contributed by atoms with Gasteiger partial charge in [0.2, 0.25) is 0 Å². The van der Waals surface area contributed by atoms with Gasteiger partial charge in [-0.05, 0) is 79.6 Å². The first kappa shape index (κ1) is 15.1. The summed E-state index contributed by atoms with van der Waals surface area (Å²) < 4.78 is 5.46. The molecular formula is C20H25NO. The molecule has 1 aliphatic heterocycles. The molecule has 2 aromatic rings. The lowest BCUT2D eigenvalue weighted by molar-refractivity contribution is 0.410. The third kappa shape index (κ3) is 2.89. The van der Waals surface area contributed by atoms with Crippen LogP contribution < -0.4 is 10.1 Å². The maximum Gasteiger partial charge on any atom is 0.122 e. The number of aryl methyl sites for hydroxylation is 3. The van der Waals surface area contributed by atoms with Crippen molar-refractivity contribution in [1.29, 1.82) is 0 Å². The van der Waals surface area contributed by atoms with Crippen LogP contribution in [0.15, 0.2) is 30.3 Å². The molecule has 0 aliphatic carbocycles. The number of nitrogens with one attached hydrogen (secondary N) is 1. The van der Waals surface area contributed by atoms with E-state index in [1.807, 2.05) is 0 Å². The van der Waals surface area contributed by atoms with Gasteiger partial charge in [-0.1, -0.05) is 24.3 Å². The van der Waals surface area contributed by atoms with Crippen molar-refractivity contribution in [2.45, 2.75) is 39.7 Å². The summed E-state index contributed by atoms with van der Waals surface area (Å²) in [6.07, 6.45) is 2.14. The minimum atomic E-state index is 0.399. The molecule has 1 aliphatic rings. The molecule has 1 atom stereocenters. The molecule has 2 nitrogen and oxygen atoms in total. The standard InChI is InChI=1S/C20H25NO/c1-13-5-6-16(12-20(13)22-4)11-19-18-10-15(3)14(2)9-17(18)7-8-21-19/h5-6,9-10,12,19,21H,7-8,11H2,1-4H3. The van der Waals surface area contributed by atoms with Crippen LogP contribution in [0.1, 0.15) is 39.4 Å². The molecule has 3 rings (SSSR count). The molecule has 2 aromatic carbocycles. The second-order valence-corrected chi connectivity index (χ2v) is 6.40. The predicted molar refractivity (Wildman–Crippen MR) is 91.8 cm³/mol. The summed E-state index contributed by atoms with van der Waals surface area (Å²) in [5.74, 6) is 0.980. The van der Waals surface area contributed by atoms with E-state index in [0.29, 0.717) is 6.04 Å². The van der Waals surface area contributed by atoms with Crippen molar-refractivity contribution in [3.63, 3.8) is 0 Å². The Labute approximate surface area is 133 Å². The fraction of sp³-hybridized carbons (Fsp3) is 0.400. The van der Waals surface area contributed by atoms with Gasteiger partial charge in [0.1, 0.15) is 5.75 Å². The van der Waals surface area contributed by atoms with E-state index in [4.69, 9.17) is 4.74 Å². The van der Waals surface area contributed by atoms with Crippen molar-refractivity contribution >= 4 is 0 Å². The summed E-state index contributed by atoms with van der Waals surface area (Å²) in [4.78, 5) is 0. The van der Waals surface area contributed by atoms with Crippen LogP contribution in [0.5, 0.6) is 5.75 Å². The average Bonchev–Trinajstić information content (AvgIpc) is 2.51. The highest BCUT2D eigenvalue weighted by Crippen LogP contribution is 2.30. The van der Waals surface area contributed by atoms with Gasteiger partial charge in [-0.25, -0.2) is 0 Å². The van der Waals surface area contributed by atoms with Gasteiger partial charge in [0.15, 0.2) is 0 Å². The van der Waals surface area contributed by atoms with Crippen LogP contribution in [0.4, 0.5) is 0 Å². The summed E-state index contributed by atoms with van der Waals surface area (Å²) in [7, 11) is 1.74. The molecule has 0 bridgehead atoms. The van der Waals surface area contributed by atoms with E-state index in [1.165, 1.54) is 33.4 Å². The lowest BCUT2D eigenvalue weighted by Gasteiger charge is -2.28. The molecule has 1 heterocycles. The molecule has 0 spiro atoms. The number of hydrogen-bond acceptors (Lipinski definition) is 2. The second-order valence-electron chi connectivity index (χ2n) is 6.40. The maximum atomic E-state index is 5.46. The van der Waals surface area contributed by atoms with E-state index >= 15 is 0 Å². The van der Waals surface area contributed by atoms with E-state index in [1.54, 1.807) is 7.11 Å². The molecule has 0 fully saturated rings. The van der Waals surface area contributed by atoms with Crippen molar-refractivity contribution in [3.8, 4) is 5.75 Å². The number of methoxy groups -OCH3 is 1. The van der Waals surface area contributed by atoms with Gasteiger partial charge in [0, 0.05) is 6.04 Å². The van der Waals surface area contributed by atoms with Crippen LogP contribution in [0.3, 0.4) is 0 Å². The van der Waals surface area contributed by atoms with Crippen molar-refractivity contribution < 1.29 is 4.74 Å². The monoisotopic (exact) mass is 295 g/mol. The van der Waals surface area contributed by atoms with Crippen molar-refractivity contribution in [1.82, 2.24) is 5.32 Å². The van der Waals surface area contributed by atoms with E-state index in [2.05, 4.69) is 56.4 Å². The smallest absolute Gasteiger partial charge is 0.122 e. The van der Waals surface area contributed by atoms with E-state index in [9.17, 15) is 0 Å². The van der Waals surface area contributed by atoms with Gasteiger partial charge in [-0.3, -0.25) is 0 Å². The summed E-state index contributed by atoms with van der Waals surface area (Å²) in [6, 6.07) is 11.7. The Balaban J connectivity index is 1.90. The van der Waals surface area contributed by atoms with Gasteiger partial charge >= 0.3 is 0 Å². The third-order valence-electron chi connectivity index (χ3n) is 4.83. The highest BCUT2D eigenvalue weighted by molar-refractivity contribution is 5.42. The Morgan fingerprint density at radius 2 is 1.82 bits per heavy atom. The summed E-state index contributed by atoms with van der Waals surface area (Å²) in [6.45, 7) is 7.56. The number of hydrogen-bond donors (Lipinski definition) is 1. The van der Waals surface area contributed by atoms with E-state index in [0.717, 1.165) is 25.1 Å². The minimum absolute atomic E-state index is 0.399. The topological polar surface area (TPSA) is 21.3 Å². The van der Waals surface area contributed by atoms with Gasteiger partial charge in [0.25, 0.3) is 0 Å². The number of benzene rings is 2. The largest absolute Gasteiger partial charge is 0.496 e. The first-order chi connectivity index (χ1) is 10.6. The second kappa shape index (κ2) is 6.13. The van der Waals surface area contributed by atoms with E-state index in [-0.39, 0.29) is 0 Å². The lowest BCUT2D eigenvalue weighted by Crippen LogP contribution is -2.31. The lowest BCUT2D eigenvalue weighted by atomic mass is 9.87. The van der Waals surface area contributed by atoms with Crippen LogP contribution in [-0.2, 0) is 12.8 Å². The van der Waals surface area contributed by atoms with Crippen LogP contribution in [-0.4, -0.2) is 13.7 Å². The van der Waals surface area contributed by atoms with Crippen molar-refractivity contribution in [3.05, 3.63) is 63.7 Å². The summed E-state index contributed by atoms with van der Waals surface area (Å²) in [5.41, 5.74) is 8.27. The zero-order valence-corrected chi connectivity index (χ0v) is 14.0. The SMILES string of the molecule is COc1cc(CC2NCCc3cc(C)c(C)cc32)ccc1C. The molecule has 2 heteroatoms. The Kier molecular flexibility index (Phi) is 4.21. The summed E-state index contributed by atoms with van der Waals surface area (Å²) >= 11 is 0. The molecule has 0 saturated heterocycles. The minimum Gasteiger partial charge on any atom is -0.496 e. The number of rotatable bonds is 3. The quantitative estimate of drug-likeness (QED) is 0.922. The molecule has 116 valence electrons. The molecule has 0 amide bonds. The first-order valence-corrected chi connectivity index (χ1v) is 8.05. The first-order valence-electron chi connectivity index (χ1n) is 8.05. The molecule has 0 saturated carbocycles. The highest BCUT2D eigenvalue weighted by Gasteiger charge is 2.21. The molecular weight excluding hydrogens is 270 g/mol. The predicted octanol–water partition coefficient (Wildman–Crippen LogP) is 4.05. The van der Waals surface area contributed by atoms with Crippen molar-refractivity contribution in [2.75, 3.05) is 13.7 Å². The Morgan fingerprint density at radius 1 is 1.05 bits per heavy atom. The summed E-state index contributed by atoms with van der Waals surface area (Å²) in [5, 5.41) is 3.68. The Hall–Kier alpha value is -1.80. The van der Waals surface area contributed by atoms with E-state index < -0.39 is 0 Å².